The summed E-state index contributed by atoms with van der Waals surface area (Å²) >= 11 is 0. The van der Waals surface area contributed by atoms with E-state index in [1.165, 1.54) is 6.08 Å². The van der Waals surface area contributed by atoms with Crippen LogP contribution in [0.15, 0.2) is 53.2 Å². The molecule has 1 aromatic carbocycles. The van der Waals surface area contributed by atoms with Crippen molar-refractivity contribution in [2.45, 2.75) is 19.3 Å². The van der Waals surface area contributed by atoms with Gasteiger partial charge in [0.2, 0.25) is 0 Å². The fraction of sp³-hybridized carbons (Fsp3) is 0.300. The van der Waals surface area contributed by atoms with Crippen molar-refractivity contribution in [2.24, 2.45) is 5.92 Å². The van der Waals surface area contributed by atoms with Crippen molar-refractivity contribution >= 4 is 17.3 Å². The average Bonchev–Trinajstić information content (AvgIpc) is 3.16. The molecule has 0 aliphatic heterocycles. The maximum Gasteiger partial charge on any atom is 0.317 e. The number of esters is 1. The summed E-state index contributed by atoms with van der Waals surface area (Å²) in [7, 11) is 1.59. The van der Waals surface area contributed by atoms with Gasteiger partial charge in [-0.3, -0.25) is 9.59 Å². The first-order valence-corrected chi connectivity index (χ1v) is 8.23. The molecule has 2 atom stereocenters. The minimum absolute atomic E-state index is 0.238. The molecule has 0 amide bonds. The van der Waals surface area contributed by atoms with E-state index < -0.39 is 11.9 Å². The van der Waals surface area contributed by atoms with Gasteiger partial charge in [0.1, 0.15) is 17.4 Å². The van der Waals surface area contributed by atoms with Crippen LogP contribution in [0.4, 0.5) is 0 Å². The predicted molar refractivity (Wildman–Crippen MR) is 92.2 cm³/mol. The number of carbonyl (C=O) groups excluding carboxylic acids is 2. The Morgan fingerprint density at radius 1 is 1.28 bits per heavy atom. The third-order valence-electron chi connectivity index (χ3n) is 4.37. The van der Waals surface area contributed by atoms with Crippen LogP contribution in [0.2, 0.25) is 0 Å². The summed E-state index contributed by atoms with van der Waals surface area (Å²) < 4.78 is 15.9. The van der Waals surface area contributed by atoms with Crippen LogP contribution in [-0.2, 0) is 14.3 Å². The van der Waals surface area contributed by atoms with Crippen LogP contribution in [0.25, 0.3) is 5.57 Å². The van der Waals surface area contributed by atoms with Gasteiger partial charge in [-0.2, -0.15) is 0 Å². The minimum atomic E-state index is -0.856. The van der Waals surface area contributed by atoms with E-state index in [-0.39, 0.29) is 18.3 Å². The summed E-state index contributed by atoms with van der Waals surface area (Å²) in [6.45, 7) is 1.97. The second kappa shape index (κ2) is 7.38. The highest BCUT2D eigenvalue weighted by Crippen LogP contribution is 2.41. The summed E-state index contributed by atoms with van der Waals surface area (Å²) in [5.74, 6) is -0.610. The molecule has 2 aromatic rings. The lowest BCUT2D eigenvalue weighted by atomic mass is 9.74. The summed E-state index contributed by atoms with van der Waals surface area (Å²) in [6.07, 6.45) is 3.58. The summed E-state index contributed by atoms with van der Waals surface area (Å²) in [6, 6.07) is 11.0. The van der Waals surface area contributed by atoms with Crippen molar-refractivity contribution in [3.8, 4) is 5.75 Å². The number of ketones is 1. The summed E-state index contributed by atoms with van der Waals surface area (Å²) in [5, 5.41) is 0. The molecular formula is C20H20O5. The summed E-state index contributed by atoms with van der Waals surface area (Å²) in [5.41, 5.74) is 1.64. The highest BCUT2D eigenvalue weighted by Gasteiger charge is 2.40. The van der Waals surface area contributed by atoms with E-state index in [0.29, 0.717) is 17.9 Å². The number of rotatable bonds is 5. The van der Waals surface area contributed by atoms with Crippen molar-refractivity contribution in [3.05, 3.63) is 60.1 Å². The molecule has 0 spiro atoms. The first kappa shape index (κ1) is 17.0. The van der Waals surface area contributed by atoms with Crippen molar-refractivity contribution < 1.29 is 23.5 Å². The lowest BCUT2D eigenvalue weighted by molar-refractivity contribution is -0.151. The molecule has 1 aliphatic rings. The predicted octanol–water partition coefficient (Wildman–Crippen LogP) is 3.61. The van der Waals surface area contributed by atoms with Gasteiger partial charge in [0.15, 0.2) is 5.78 Å². The van der Waals surface area contributed by atoms with Crippen LogP contribution < -0.4 is 4.74 Å². The van der Waals surface area contributed by atoms with Gasteiger partial charge in [-0.05, 0) is 54.8 Å². The molecular weight excluding hydrogens is 320 g/mol. The van der Waals surface area contributed by atoms with Crippen molar-refractivity contribution in [2.75, 3.05) is 13.7 Å². The number of benzene rings is 1. The molecule has 0 bridgehead atoms. The van der Waals surface area contributed by atoms with Crippen LogP contribution in [0.5, 0.6) is 5.75 Å². The molecule has 0 radical (unpaired) electrons. The first-order chi connectivity index (χ1) is 12.1. The number of furan rings is 1. The Balaban J connectivity index is 2.02. The fourth-order valence-corrected chi connectivity index (χ4v) is 3.20. The molecule has 130 valence electrons. The quantitative estimate of drug-likeness (QED) is 0.614. The zero-order chi connectivity index (χ0) is 17.8. The van der Waals surface area contributed by atoms with Crippen molar-refractivity contribution in [1.29, 1.82) is 0 Å². The Labute approximate surface area is 146 Å². The third-order valence-corrected chi connectivity index (χ3v) is 4.37. The largest absolute Gasteiger partial charge is 0.497 e. The van der Waals surface area contributed by atoms with E-state index in [4.69, 9.17) is 13.9 Å². The molecule has 1 heterocycles. The van der Waals surface area contributed by atoms with Gasteiger partial charge < -0.3 is 13.9 Å². The molecule has 0 fully saturated rings. The van der Waals surface area contributed by atoms with Gasteiger partial charge in [0, 0.05) is 5.92 Å². The number of ether oxygens (including phenoxy) is 2. The van der Waals surface area contributed by atoms with E-state index in [0.717, 1.165) is 11.1 Å². The molecule has 0 saturated carbocycles. The van der Waals surface area contributed by atoms with Crippen LogP contribution in [0.1, 0.15) is 30.6 Å². The van der Waals surface area contributed by atoms with Gasteiger partial charge in [-0.15, -0.1) is 0 Å². The number of allylic oxidation sites excluding steroid dienone is 2. The SMILES string of the molecule is CCOC(=O)C1C(=O)C=C(c2ccco2)CC1c1cccc(OC)c1. The van der Waals surface area contributed by atoms with Crippen LogP contribution in [0, 0.1) is 5.92 Å². The second-order valence-electron chi connectivity index (χ2n) is 5.87. The van der Waals surface area contributed by atoms with E-state index in [9.17, 15) is 9.59 Å². The lowest BCUT2D eigenvalue weighted by Gasteiger charge is -2.29. The molecule has 1 aliphatic carbocycles. The van der Waals surface area contributed by atoms with Crippen LogP contribution in [-0.4, -0.2) is 25.5 Å². The molecule has 2 unspecified atom stereocenters. The molecule has 5 nitrogen and oxygen atoms in total. The molecule has 1 aromatic heterocycles. The molecule has 5 heteroatoms. The van der Waals surface area contributed by atoms with E-state index >= 15 is 0 Å². The third kappa shape index (κ3) is 3.50. The molecule has 0 N–H and O–H groups in total. The number of hydrogen-bond acceptors (Lipinski definition) is 5. The topological polar surface area (TPSA) is 65.7 Å². The Hall–Kier alpha value is -2.82. The number of carbonyl (C=O) groups is 2. The smallest absolute Gasteiger partial charge is 0.317 e. The fourth-order valence-electron chi connectivity index (χ4n) is 3.20. The Bertz CT molecular complexity index is 788. The maximum atomic E-state index is 12.7. The molecule has 0 saturated heterocycles. The van der Waals surface area contributed by atoms with Gasteiger partial charge in [0.25, 0.3) is 0 Å². The Morgan fingerprint density at radius 3 is 2.80 bits per heavy atom. The number of hydrogen-bond donors (Lipinski definition) is 0. The lowest BCUT2D eigenvalue weighted by Crippen LogP contribution is -2.34. The molecule has 3 rings (SSSR count). The zero-order valence-corrected chi connectivity index (χ0v) is 14.2. The maximum absolute atomic E-state index is 12.7. The van der Waals surface area contributed by atoms with E-state index in [1.807, 2.05) is 30.3 Å². The zero-order valence-electron chi connectivity index (χ0n) is 14.2. The normalized spacial score (nSPS) is 20.1. The average molecular weight is 340 g/mol. The van der Waals surface area contributed by atoms with Gasteiger partial charge in [0.05, 0.1) is 20.0 Å². The summed E-state index contributed by atoms with van der Waals surface area (Å²) in [4.78, 5) is 25.1. The monoisotopic (exact) mass is 340 g/mol. The van der Waals surface area contributed by atoms with E-state index in [2.05, 4.69) is 0 Å². The highest BCUT2D eigenvalue weighted by molar-refractivity contribution is 6.10. The minimum Gasteiger partial charge on any atom is -0.497 e. The first-order valence-electron chi connectivity index (χ1n) is 8.23. The van der Waals surface area contributed by atoms with Crippen LogP contribution in [0.3, 0.4) is 0 Å². The Kier molecular flexibility index (Phi) is 5.03. The standard InChI is InChI=1S/C20H20O5/c1-3-24-20(22)19-16(13-6-4-7-15(10-13)23-2)11-14(12-17(19)21)18-8-5-9-25-18/h4-10,12,16,19H,3,11H2,1-2H3. The number of methoxy groups -OCH3 is 1. The van der Waals surface area contributed by atoms with Crippen molar-refractivity contribution in [3.63, 3.8) is 0 Å². The van der Waals surface area contributed by atoms with Crippen LogP contribution >= 0.6 is 0 Å². The van der Waals surface area contributed by atoms with Gasteiger partial charge in [-0.25, -0.2) is 0 Å². The highest BCUT2D eigenvalue weighted by atomic mass is 16.5. The Morgan fingerprint density at radius 2 is 2.12 bits per heavy atom. The van der Waals surface area contributed by atoms with Gasteiger partial charge >= 0.3 is 5.97 Å². The second-order valence-corrected chi connectivity index (χ2v) is 5.87. The molecule has 25 heavy (non-hydrogen) atoms. The van der Waals surface area contributed by atoms with E-state index in [1.54, 1.807) is 26.4 Å². The van der Waals surface area contributed by atoms with Gasteiger partial charge in [-0.1, -0.05) is 12.1 Å². The van der Waals surface area contributed by atoms with Crippen molar-refractivity contribution in [1.82, 2.24) is 0 Å².